The average Bonchev–Trinajstić information content (AvgIpc) is 2.28. The molecular formula is C11H9N3O3. The number of carboxylic acid groups (broad SMARTS) is 1. The van der Waals surface area contributed by atoms with Crippen molar-refractivity contribution in [3.63, 3.8) is 0 Å². The summed E-state index contributed by atoms with van der Waals surface area (Å²) in [6.07, 6.45) is 3.03. The number of pyridine rings is 1. The van der Waals surface area contributed by atoms with Crippen LogP contribution in [0.5, 0.6) is 0 Å². The maximum Gasteiger partial charge on any atom is 0.345 e. The first kappa shape index (κ1) is 11.0. The molecule has 0 unspecified atom stereocenters. The van der Waals surface area contributed by atoms with Crippen LogP contribution in [0.3, 0.4) is 0 Å². The van der Waals surface area contributed by atoms with E-state index < -0.39 is 11.7 Å². The van der Waals surface area contributed by atoms with Crippen molar-refractivity contribution in [3.05, 3.63) is 46.3 Å². The van der Waals surface area contributed by atoms with E-state index in [1.54, 1.807) is 12.1 Å². The highest BCUT2D eigenvalue weighted by molar-refractivity contribution is 5.95. The third-order valence-electron chi connectivity index (χ3n) is 2.29. The van der Waals surface area contributed by atoms with Gasteiger partial charge in [-0.05, 0) is 19.1 Å². The molecule has 6 heteroatoms. The zero-order chi connectivity index (χ0) is 12.4. The van der Waals surface area contributed by atoms with Gasteiger partial charge in [-0.1, -0.05) is 0 Å². The first-order chi connectivity index (χ1) is 8.09. The molecule has 86 valence electrons. The summed E-state index contributed by atoms with van der Waals surface area (Å²) in [7, 11) is 0. The first-order valence-corrected chi connectivity index (χ1v) is 4.84. The summed E-state index contributed by atoms with van der Waals surface area (Å²) in [5.74, 6) is -1.13. The van der Waals surface area contributed by atoms with Gasteiger partial charge in [-0.2, -0.15) is 4.98 Å². The van der Waals surface area contributed by atoms with Gasteiger partial charge in [0.2, 0.25) is 0 Å². The summed E-state index contributed by atoms with van der Waals surface area (Å²) in [5, 5.41) is 9.12. The Hall–Kier alpha value is -2.50. The smallest absolute Gasteiger partial charge is 0.345 e. The number of nitrogens with one attached hydrogen (secondary N) is 1. The number of carbonyl (C=O) groups is 1. The quantitative estimate of drug-likeness (QED) is 0.798. The summed E-state index contributed by atoms with van der Waals surface area (Å²) in [6, 6.07) is 3.21. The van der Waals surface area contributed by atoms with Crippen molar-refractivity contribution in [2.45, 2.75) is 6.92 Å². The minimum atomic E-state index is -1.13. The van der Waals surface area contributed by atoms with E-state index in [1.807, 2.05) is 0 Å². The molecule has 0 radical (unpaired) electrons. The number of hydrogen-bond donors (Lipinski definition) is 2. The molecule has 0 saturated heterocycles. The van der Waals surface area contributed by atoms with Crippen LogP contribution in [-0.4, -0.2) is 26.0 Å². The van der Waals surface area contributed by atoms with E-state index in [2.05, 4.69) is 15.0 Å². The second-order valence-electron chi connectivity index (χ2n) is 3.43. The average molecular weight is 231 g/mol. The SMILES string of the molecule is Cc1[nH]c(=O)nc(-c2ccncc2)c1C(=O)O. The van der Waals surface area contributed by atoms with Crippen LogP contribution in [0.25, 0.3) is 11.3 Å². The lowest BCUT2D eigenvalue weighted by molar-refractivity contribution is 0.0696. The second kappa shape index (κ2) is 4.17. The molecule has 0 fully saturated rings. The molecule has 17 heavy (non-hydrogen) atoms. The van der Waals surface area contributed by atoms with Crippen LogP contribution in [0.15, 0.2) is 29.3 Å². The normalized spacial score (nSPS) is 10.2. The Balaban J connectivity index is 2.77. The molecular weight excluding hydrogens is 222 g/mol. The van der Waals surface area contributed by atoms with Gasteiger partial charge in [-0.3, -0.25) is 4.98 Å². The molecule has 2 aromatic heterocycles. The maximum atomic E-state index is 11.3. The Bertz CT molecular complexity index is 620. The first-order valence-electron chi connectivity index (χ1n) is 4.84. The highest BCUT2D eigenvalue weighted by atomic mass is 16.4. The van der Waals surface area contributed by atoms with Crippen molar-refractivity contribution >= 4 is 5.97 Å². The molecule has 0 atom stereocenters. The van der Waals surface area contributed by atoms with Gasteiger partial charge < -0.3 is 10.1 Å². The van der Waals surface area contributed by atoms with Crippen LogP contribution in [0.1, 0.15) is 16.1 Å². The lowest BCUT2D eigenvalue weighted by Crippen LogP contribution is -2.18. The van der Waals surface area contributed by atoms with E-state index >= 15 is 0 Å². The van der Waals surface area contributed by atoms with E-state index in [1.165, 1.54) is 19.3 Å². The van der Waals surface area contributed by atoms with E-state index in [9.17, 15) is 9.59 Å². The summed E-state index contributed by atoms with van der Waals surface area (Å²) in [5.41, 5.74) is 0.409. The van der Waals surface area contributed by atoms with Crippen LogP contribution in [0.4, 0.5) is 0 Å². The Morgan fingerprint density at radius 1 is 1.35 bits per heavy atom. The van der Waals surface area contributed by atoms with Gasteiger partial charge in [0.05, 0.1) is 5.69 Å². The molecule has 0 bridgehead atoms. The fourth-order valence-corrected chi connectivity index (χ4v) is 1.57. The monoisotopic (exact) mass is 231 g/mol. The lowest BCUT2D eigenvalue weighted by Gasteiger charge is -2.06. The molecule has 0 aliphatic carbocycles. The number of rotatable bonds is 2. The summed E-state index contributed by atoms with van der Waals surface area (Å²) in [6.45, 7) is 1.53. The predicted octanol–water partition coefficient (Wildman–Crippen LogP) is 0.839. The number of aryl methyl sites for hydroxylation is 1. The molecule has 0 saturated carbocycles. The van der Waals surface area contributed by atoms with E-state index in [-0.39, 0.29) is 17.0 Å². The van der Waals surface area contributed by atoms with E-state index in [4.69, 9.17) is 5.11 Å². The maximum absolute atomic E-state index is 11.3. The highest BCUT2D eigenvalue weighted by Crippen LogP contribution is 2.20. The third-order valence-corrected chi connectivity index (χ3v) is 2.29. The number of carboxylic acids is 1. The van der Waals surface area contributed by atoms with Crippen molar-refractivity contribution in [2.75, 3.05) is 0 Å². The number of H-pyrrole nitrogens is 1. The van der Waals surface area contributed by atoms with Gasteiger partial charge >= 0.3 is 11.7 Å². The number of aromatic amines is 1. The molecule has 0 amide bonds. The van der Waals surface area contributed by atoms with Crippen LogP contribution in [0.2, 0.25) is 0 Å². The van der Waals surface area contributed by atoms with Crippen molar-refractivity contribution in [2.24, 2.45) is 0 Å². The minimum absolute atomic E-state index is 0.00389. The van der Waals surface area contributed by atoms with Gasteiger partial charge in [0.15, 0.2) is 0 Å². The van der Waals surface area contributed by atoms with Crippen molar-refractivity contribution in [1.82, 2.24) is 15.0 Å². The Kier molecular flexibility index (Phi) is 2.70. The number of nitrogens with zero attached hydrogens (tertiary/aromatic N) is 2. The molecule has 0 aliphatic rings. The van der Waals surface area contributed by atoms with Crippen molar-refractivity contribution in [3.8, 4) is 11.3 Å². The summed E-state index contributed by atoms with van der Waals surface area (Å²) >= 11 is 0. The molecule has 2 heterocycles. The molecule has 6 nitrogen and oxygen atoms in total. The number of aromatic carboxylic acids is 1. The zero-order valence-corrected chi connectivity index (χ0v) is 8.97. The predicted molar refractivity (Wildman–Crippen MR) is 59.8 cm³/mol. The van der Waals surface area contributed by atoms with Gasteiger partial charge in [0.1, 0.15) is 5.56 Å². The third kappa shape index (κ3) is 2.05. The molecule has 0 aliphatic heterocycles. The molecule has 0 aromatic carbocycles. The Morgan fingerprint density at radius 2 is 2.00 bits per heavy atom. The fraction of sp³-hybridized carbons (Fsp3) is 0.0909. The lowest BCUT2D eigenvalue weighted by atomic mass is 10.1. The minimum Gasteiger partial charge on any atom is -0.478 e. The van der Waals surface area contributed by atoms with E-state index in [0.717, 1.165) is 0 Å². The van der Waals surface area contributed by atoms with Gasteiger partial charge in [-0.15, -0.1) is 0 Å². The Labute approximate surface area is 96.0 Å². The van der Waals surface area contributed by atoms with Gasteiger partial charge in [-0.25, -0.2) is 9.59 Å². The number of aromatic nitrogens is 3. The van der Waals surface area contributed by atoms with Gasteiger partial charge in [0, 0.05) is 23.7 Å². The summed E-state index contributed by atoms with van der Waals surface area (Å²) < 4.78 is 0. The highest BCUT2D eigenvalue weighted by Gasteiger charge is 2.17. The van der Waals surface area contributed by atoms with Crippen molar-refractivity contribution in [1.29, 1.82) is 0 Å². The van der Waals surface area contributed by atoms with Crippen LogP contribution >= 0.6 is 0 Å². The largest absolute Gasteiger partial charge is 0.478 e. The van der Waals surface area contributed by atoms with Crippen molar-refractivity contribution < 1.29 is 9.90 Å². The molecule has 2 rings (SSSR count). The Morgan fingerprint density at radius 3 is 2.59 bits per heavy atom. The zero-order valence-electron chi connectivity index (χ0n) is 8.97. The van der Waals surface area contributed by atoms with Crippen LogP contribution in [0, 0.1) is 6.92 Å². The molecule has 0 spiro atoms. The molecule has 2 aromatic rings. The summed E-state index contributed by atoms with van der Waals surface area (Å²) in [4.78, 5) is 32.3. The van der Waals surface area contributed by atoms with E-state index in [0.29, 0.717) is 5.56 Å². The van der Waals surface area contributed by atoms with Crippen LogP contribution in [-0.2, 0) is 0 Å². The van der Waals surface area contributed by atoms with Gasteiger partial charge in [0.25, 0.3) is 0 Å². The molecule has 2 N–H and O–H groups in total. The second-order valence-corrected chi connectivity index (χ2v) is 3.43. The standard InChI is InChI=1S/C11H9N3O3/c1-6-8(10(15)16)9(14-11(17)13-6)7-2-4-12-5-3-7/h2-5H,1H3,(H,15,16)(H,13,14,17). The fourth-order valence-electron chi connectivity index (χ4n) is 1.57. The number of hydrogen-bond acceptors (Lipinski definition) is 4. The van der Waals surface area contributed by atoms with Crippen LogP contribution < -0.4 is 5.69 Å². The topological polar surface area (TPSA) is 95.9 Å².